The second-order valence-corrected chi connectivity index (χ2v) is 6.64. The third kappa shape index (κ3) is 8.24. The Bertz CT molecular complexity index is 548. The Balaban J connectivity index is 1.59. The first-order valence-electron chi connectivity index (χ1n) is 9.61. The summed E-state index contributed by atoms with van der Waals surface area (Å²) in [6.45, 7) is 4.60. The number of methoxy groups -OCH3 is 1. The summed E-state index contributed by atoms with van der Waals surface area (Å²) in [7, 11) is 3.37. The van der Waals surface area contributed by atoms with Gasteiger partial charge in [0.15, 0.2) is 5.96 Å². The van der Waals surface area contributed by atoms with E-state index in [1.165, 1.54) is 12.1 Å². The van der Waals surface area contributed by atoms with Crippen LogP contribution in [0.1, 0.15) is 30.9 Å². The fraction of sp³-hybridized carbons (Fsp3) is 0.650. The van der Waals surface area contributed by atoms with Crippen LogP contribution in [0.15, 0.2) is 29.3 Å². The van der Waals surface area contributed by atoms with Gasteiger partial charge in [0.25, 0.3) is 0 Å². The third-order valence-electron chi connectivity index (χ3n) is 4.66. The number of guanidine groups is 1. The number of rotatable bonds is 10. The summed E-state index contributed by atoms with van der Waals surface area (Å²) in [5.74, 6) is 1.10. The van der Waals surface area contributed by atoms with Crippen molar-refractivity contribution in [1.82, 2.24) is 10.6 Å². The van der Waals surface area contributed by atoms with Gasteiger partial charge in [-0.25, -0.2) is 4.39 Å². The highest BCUT2D eigenvalue weighted by Crippen LogP contribution is 2.16. The zero-order chi connectivity index (χ0) is 19.3. The zero-order valence-electron chi connectivity index (χ0n) is 16.4. The summed E-state index contributed by atoms with van der Waals surface area (Å²) in [4.78, 5) is 4.22. The van der Waals surface area contributed by atoms with E-state index in [4.69, 9.17) is 14.2 Å². The number of ether oxygens (including phenoxy) is 3. The maximum Gasteiger partial charge on any atom is 0.191 e. The maximum atomic E-state index is 13.1. The summed E-state index contributed by atoms with van der Waals surface area (Å²) in [6, 6.07) is 6.35. The first kappa shape index (κ1) is 21.6. The van der Waals surface area contributed by atoms with Crippen LogP contribution in [0.3, 0.4) is 0 Å². The molecule has 1 atom stereocenters. The number of nitrogens with one attached hydrogen (secondary N) is 2. The number of hydrogen-bond acceptors (Lipinski definition) is 4. The van der Waals surface area contributed by atoms with Crippen molar-refractivity contribution in [1.29, 1.82) is 0 Å². The van der Waals surface area contributed by atoms with Crippen LogP contribution in [-0.4, -0.2) is 59.6 Å². The van der Waals surface area contributed by atoms with Crippen LogP contribution < -0.4 is 10.6 Å². The van der Waals surface area contributed by atoms with Crippen LogP contribution in [0.25, 0.3) is 0 Å². The topological polar surface area (TPSA) is 64.1 Å². The van der Waals surface area contributed by atoms with Gasteiger partial charge in [0.1, 0.15) is 5.82 Å². The smallest absolute Gasteiger partial charge is 0.191 e. The Kier molecular flexibility index (Phi) is 10.1. The van der Waals surface area contributed by atoms with E-state index in [0.717, 1.165) is 57.8 Å². The SMILES string of the molecule is CN=C(NCCCOCC1CCOCC1)NCC(OC)c1ccc(F)cc1. The van der Waals surface area contributed by atoms with E-state index in [0.29, 0.717) is 18.4 Å². The average molecular weight is 381 g/mol. The molecule has 1 aliphatic rings. The molecule has 1 heterocycles. The first-order valence-corrected chi connectivity index (χ1v) is 9.61. The molecule has 1 unspecified atom stereocenters. The number of hydrogen-bond donors (Lipinski definition) is 2. The summed E-state index contributed by atoms with van der Waals surface area (Å²) in [5, 5.41) is 6.51. The van der Waals surface area contributed by atoms with Gasteiger partial charge < -0.3 is 24.8 Å². The van der Waals surface area contributed by atoms with Gasteiger partial charge in [-0.05, 0) is 42.9 Å². The molecule has 0 aromatic heterocycles. The molecule has 0 bridgehead atoms. The fourth-order valence-corrected chi connectivity index (χ4v) is 2.97. The second-order valence-electron chi connectivity index (χ2n) is 6.64. The molecule has 6 nitrogen and oxygen atoms in total. The van der Waals surface area contributed by atoms with Gasteiger partial charge >= 0.3 is 0 Å². The van der Waals surface area contributed by atoms with Crippen molar-refractivity contribution < 1.29 is 18.6 Å². The molecule has 152 valence electrons. The summed E-state index contributed by atoms with van der Waals surface area (Å²) in [5.41, 5.74) is 0.920. The van der Waals surface area contributed by atoms with Crippen molar-refractivity contribution >= 4 is 5.96 Å². The number of aliphatic imine (C=N–C) groups is 1. The lowest BCUT2D eigenvalue weighted by molar-refractivity contribution is 0.0203. The van der Waals surface area contributed by atoms with E-state index >= 15 is 0 Å². The van der Waals surface area contributed by atoms with Crippen molar-refractivity contribution in [3.05, 3.63) is 35.6 Å². The number of nitrogens with zero attached hydrogens (tertiary/aromatic N) is 1. The molecule has 0 radical (unpaired) electrons. The lowest BCUT2D eigenvalue weighted by Crippen LogP contribution is -2.40. The van der Waals surface area contributed by atoms with Gasteiger partial charge in [0, 0.05) is 53.7 Å². The molecule has 0 saturated carbocycles. The van der Waals surface area contributed by atoms with Crippen molar-refractivity contribution in [3.63, 3.8) is 0 Å². The molecule has 1 saturated heterocycles. The van der Waals surface area contributed by atoms with E-state index in [1.807, 2.05) is 0 Å². The van der Waals surface area contributed by atoms with Gasteiger partial charge in [-0.15, -0.1) is 0 Å². The molecule has 0 aliphatic carbocycles. The van der Waals surface area contributed by atoms with Crippen molar-refractivity contribution in [3.8, 4) is 0 Å². The lowest BCUT2D eigenvalue weighted by Gasteiger charge is -2.21. The summed E-state index contributed by atoms with van der Waals surface area (Å²) in [6.07, 6.45) is 2.94. The minimum atomic E-state index is -0.252. The molecule has 27 heavy (non-hydrogen) atoms. The molecule has 1 aromatic rings. The fourth-order valence-electron chi connectivity index (χ4n) is 2.97. The van der Waals surface area contributed by atoms with Crippen LogP contribution in [-0.2, 0) is 14.2 Å². The Morgan fingerprint density at radius 3 is 2.67 bits per heavy atom. The third-order valence-corrected chi connectivity index (χ3v) is 4.66. The van der Waals surface area contributed by atoms with Gasteiger partial charge in [0.05, 0.1) is 6.10 Å². The standard InChI is InChI=1S/C20H32FN3O3/c1-22-20(23-10-3-11-27-15-16-8-12-26-13-9-16)24-14-19(25-2)17-4-6-18(21)7-5-17/h4-7,16,19H,3,8-15H2,1-2H3,(H2,22,23,24). The predicted molar refractivity (Wildman–Crippen MR) is 104 cm³/mol. The zero-order valence-corrected chi connectivity index (χ0v) is 16.4. The highest BCUT2D eigenvalue weighted by molar-refractivity contribution is 5.79. The number of benzene rings is 1. The Labute approximate surface area is 161 Å². The van der Waals surface area contributed by atoms with Crippen LogP contribution in [0.5, 0.6) is 0 Å². The molecular weight excluding hydrogens is 349 g/mol. The first-order chi connectivity index (χ1) is 13.2. The average Bonchev–Trinajstić information content (AvgIpc) is 2.71. The normalized spacial score (nSPS) is 16.9. The van der Waals surface area contributed by atoms with Gasteiger partial charge in [-0.2, -0.15) is 0 Å². The maximum absolute atomic E-state index is 13.1. The molecule has 1 aliphatic heterocycles. The molecule has 2 N–H and O–H groups in total. The quantitative estimate of drug-likeness (QED) is 0.370. The van der Waals surface area contributed by atoms with Crippen molar-refractivity contribution in [2.24, 2.45) is 10.9 Å². The van der Waals surface area contributed by atoms with E-state index in [1.54, 1.807) is 26.3 Å². The monoisotopic (exact) mass is 381 g/mol. The molecule has 0 spiro atoms. The Hall–Kier alpha value is -1.70. The van der Waals surface area contributed by atoms with E-state index in [-0.39, 0.29) is 11.9 Å². The van der Waals surface area contributed by atoms with Crippen LogP contribution in [0, 0.1) is 11.7 Å². The van der Waals surface area contributed by atoms with Crippen molar-refractivity contribution in [2.45, 2.75) is 25.4 Å². The number of halogens is 1. The molecule has 7 heteroatoms. The molecule has 1 aromatic carbocycles. The van der Waals surface area contributed by atoms with Crippen LogP contribution in [0.4, 0.5) is 4.39 Å². The highest BCUT2D eigenvalue weighted by atomic mass is 19.1. The molecule has 2 rings (SSSR count). The van der Waals surface area contributed by atoms with Gasteiger partial charge in [-0.3, -0.25) is 4.99 Å². The van der Waals surface area contributed by atoms with Crippen LogP contribution in [0.2, 0.25) is 0 Å². The predicted octanol–water partition coefficient (Wildman–Crippen LogP) is 2.51. The Morgan fingerprint density at radius 2 is 2.00 bits per heavy atom. The summed E-state index contributed by atoms with van der Waals surface area (Å²) >= 11 is 0. The van der Waals surface area contributed by atoms with E-state index in [2.05, 4.69) is 15.6 Å². The molecular formula is C20H32FN3O3. The van der Waals surface area contributed by atoms with Crippen molar-refractivity contribution in [2.75, 3.05) is 53.7 Å². The molecule has 1 fully saturated rings. The van der Waals surface area contributed by atoms with Crippen LogP contribution >= 0.6 is 0 Å². The van der Waals surface area contributed by atoms with Gasteiger partial charge in [0.2, 0.25) is 0 Å². The molecule has 0 amide bonds. The minimum absolute atomic E-state index is 0.174. The van der Waals surface area contributed by atoms with Gasteiger partial charge in [-0.1, -0.05) is 12.1 Å². The van der Waals surface area contributed by atoms with E-state index < -0.39 is 0 Å². The minimum Gasteiger partial charge on any atom is -0.381 e. The van der Waals surface area contributed by atoms with E-state index in [9.17, 15) is 4.39 Å². The second kappa shape index (κ2) is 12.6. The Morgan fingerprint density at radius 1 is 1.26 bits per heavy atom. The lowest BCUT2D eigenvalue weighted by atomic mass is 10.0. The highest BCUT2D eigenvalue weighted by Gasteiger charge is 2.13. The largest absolute Gasteiger partial charge is 0.381 e. The summed E-state index contributed by atoms with van der Waals surface area (Å²) < 4.78 is 29.7.